The van der Waals surface area contributed by atoms with Gasteiger partial charge in [0.2, 0.25) is 0 Å². The number of amidine groups is 1. The van der Waals surface area contributed by atoms with Gasteiger partial charge in [0, 0.05) is 18.7 Å². The quantitative estimate of drug-likeness (QED) is 0.863. The van der Waals surface area contributed by atoms with Crippen LogP contribution in [-0.2, 0) is 4.74 Å². The molecule has 0 amide bonds. The predicted molar refractivity (Wildman–Crippen MR) is 78.1 cm³/mol. The minimum atomic E-state index is -0.510. The minimum Gasteiger partial charge on any atom is -0.455 e. The number of piperidine rings is 3. The summed E-state index contributed by atoms with van der Waals surface area (Å²) in [4.78, 5) is 10.8. The van der Waals surface area contributed by atoms with Crippen LogP contribution in [0.4, 0.5) is 10.2 Å². The molecule has 2 bridgehead atoms. The van der Waals surface area contributed by atoms with Gasteiger partial charge in [-0.1, -0.05) is 11.6 Å². The van der Waals surface area contributed by atoms with Gasteiger partial charge in [0.15, 0.2) is 11.6 Å². The largest absolute Gasteiger partial charge is 0.455 e. The van der Waals surface area contributed by atoms with E-state index in [1.807, 2.05) is 0 Å². The van der Waals surface area contributed by atoms with Gasteiger partial charge < -0.3 is 4.74 Å². The van der Waals surface area contributed by atoms with E-state index in [-0.39, 0.29) is 16.4 Å². The number of aromatic nitrogens is 1. The van der Waals surface area contributed by atoms with Crippen LogP contribution in [0, 0.1) is 11.7 Å². The van der Waals surface area contributed by atoms with Crippen LogP contribution in [0.15, 0.2) is 17.3 Å². The van der Waals surface area contributed by atoms with Crippen molar-refractivity contribution in [2.24, 2.45) is 10.9 Å². The normalized spacial score (nSPS) is 33.9. The van der Waals surface area contributed by atoms with E-state index >= 15 is 0 Å². The maximum atomic E-state index is 13.8. The van der Waals surface area contributed by atoms with Crippen LogP contribution in [0.2, 0.25) is 5.02 Å². The second-order valence-corrected chi connectivity index (χ2v) is 6.38. The number of hydrogen-bond acceptors (Lipinski definition) is 5. The number of anilines is 1. The van der Waals surface area contributed by atoms with Crippen LogP contribution in [0.25, 0.3) is 0 Å². The molecule has 1 atom stereocenters. The SMILES string of the molecule is Fc1cc(Cl)cnc1NC1=NCC2(CN3CCC2CC3)O1. The zero-order valence-electron chi connectivity index (χ0n) is 11.5. The molecule has 0 saturated carbocycles. The van der Waals surface area contributed by atoms with E-state index in [0.717, 1.165) is 32.5 Å². The van der Waals surface area contributed by atoms with Crippen molar-refractivity contribution in [2.75, 3.05) is 31.5 Å². The molecule has 3 saturated heterocycles. The number of ether oxygens (including phenoxy) is 1. The molecule has 0 aliphatic carbocycles. The van der Waals surface area contributed by atoms with E-state index in [2.05, 4.69) is 20.2 Å². The summed E-state index contributed by atoms with van der Waals surface area (Å²) in [6.07, 6.45) is 3.69. The third-order valence-corrected chi connectivity index (χ3v) is 4.85. The van der Waals surface area contributed by atoms with E-state index in [1.54, 1.807) is 0 Å². The Hall–Kier alpha value is -1.40. The molecule has 0 radical (unpaired) electrons. The molecule has 1 unspecified atom stereocenters. The van der Waals surface area contributed by atoms with Gasteiger partial charge in [0.05, 0.1) is 11.6 Å². The first-order valence-corrected chi connectivity index (χ1v) is 7.56. The van der Waals surface area contributed by atoms with Crippen molar-refractivity contribution in [1.29, 1.82) is 0 Å². The van der Waals surface area contributed by atoms with Gasteiger partial charge in [-0.3, -0.25) is 10.2 Å². The van der Waals surface area contributed by atoms with Crippen molar-refractivity contribution in [3.05, 3.63) is 23.1 Å². The molecule has 112 valence electrons. The Morgan fingerprint density at radius 3 is 2.90 bits per heavy atom. The topological polar surface area (TPSA) is 49.8 Å². The number of rotatable bonds is 1. The van der Waals surface area contributed by atoms with Gasteiger partial charge >= 0.3 is 0 Å². The first kappa shape index (κ1) is 13.3. The molecule has 1 aromatic rings. The van der Waals surface area contributed by atoms with Gasteiger partial charge in [-0.25, -0.2) is 14.4 Å². The van der Waals surface area contributed by atoms with Crippen molar-refractivity contribution in [3.8, 4) is 0 Å². The van der Waals surface area contributed by atoms with E-state index in [9.17, 15) is 4.39 Å². The lowest BCUT2D eigenvalue weighted by Crippen LogP contribution is -2.61. The van der Waals surface area contributed by atoms with E-state index in [0.29, 0.717) is 18.5 Å². The highest BCUT2D eigenvalue weighted by atomic mass is 35.5. The van der Waals surface area contributed by atoms with Gasteiger partial charge in [0.1, 0.15) is 5.60 Å². The molecule has 5 heterocycles. The summed E-state index contributed by atoms with van der Waals surface area (Å²) in [5.74, 6) is 0.119. The summed E-state index contributed by atoms with van der Waals surface area (Å²) >= 11 is 5.70. The van der Waals surface area contributed by atoms with Gasteiger partial charge in [-0.05, 0) is 32.0 Å². The molecule has 4 aliphatic heterocycles. The van der Waals surface area contributed by atoms with Gasteiger partial charge in [-0.15, -0.1) is 0 Å². The smallest absolute Gasteiger partial charge is 0.291 e. The van der Waals surface area contributed by atoms with Crippen LogP contribution < -0.4 is 5.32 Å². The van der Waals surface area contributed by atoms with Crippen LogP contribution >= 0.6 is 11.6 Å². The van der Waals surface area contributed by atoms with E-state index in [1.165, 1.54) is 12.3 Å². The first-order valence-electron chi connectivity index (χ1n) is 7.18. The van der Waals surface area contributed by atoms with Crippen molar-refractivity contribution < 1.29 is 9.13 Å². The number of nitrogens with zero attached hydrogens (tertiary/aromatic N) is 3. The van der Waals surface area contributed by atoms with Crippen LogP contribution in [0.1, 0.15) is 12.8 Å². The lowest BCUT2D eigenvalue weighted by molar-refractivity contribution is -0.0829. The molecule has 1 N–H and O–H groups in total. The second kappa shape index (κ2) is 4.81. The van der Waals surface area contributed by atoms with E-state index < -0.39 is 5.82 Å². The fourth-order valence-electron chi connectivity index (χ4n) is 3.56. The second-order valence-electron chi connectivity index (χ2n) is 5.95. The molecule has 0 aromatic carbocycles. The Morgan fingerprint density at radius 1 is 1.43 bits per heavy atom. The zero-order valence-corrected chi connectivity index (χ0v) is 12.2. The number of aliphatic imine (C=N–C) groups is 1. The Balaban J connectivity index is 1.49. The third-order valence-electron chi connectivity index (χ3n) is 4.65. The molecule has 1 spiro atoms. The van der Waals surface area contributed by atoms with Crippen LogP contribution in [-0.4, -0.2) is 47.7 Å². The number of nitrogens with one attached hydrogen (secondary N) is 1. The fourth-order valence-corrected chi connectivity index (χ4v) is 3.70. The highest BCUT2D eigenvalue weighted by Crippen LogP contribution is 2.40. The number of pyridine rings is 1. The summed E-state index contributed by atoms with van der Waals surface area (Å²) in [6.45, 7) is 3.83. The summed E-state index contributed by atoms with van der Waals surface area (Å²) in [5.41, 5.74) is -0.234. The zero-order chi connectivity index (χ0) is 14.4. The Labute approximate surface area is 127 Å². The molecule has 3 fully saturated rings. The van der Waals surface area contributed by atoms with Crippen LogP contribution in [0.5, 0.6) is 0 Å². The standard InChI is InChI=1S/C14H16ClFN4O/c15-10-5-11(16)12(17-6-10)19-13-18-7-14(21-13)8-20-3-1-9(14)2-4-20/h5-6,9H,1-4,7-8H2,(H,17,18,19). The summed E-state index contributed by atoms with van der Waals surface area (Å²) in [5, 5.41) is 3.10. The number of hydrogen-bond donors (Lipinski definition) is 1. The Kier molecular flexibility index (Phi) is 3.04. The third kappa shape index (κ3) is 2.26. The summed E-state index contributed by atoms with van der Waals surface area (Å²) < 4.78 is 19.8. The average molecular weight is 311 g/mol. The maximum absolute atomic E-state index is 13.8. The minimum absolute atomic E-state index is 0.0940. The summed E-state index contributed by atoms with van der Waals surface area (Å²) in [7, 11) is 0. The highest BCUT2D eigenvalue weighted by molar-refractivity contribution is 6.30. The lowest BCUT2D eigenvalue weighted by Gasteiger charge is -2.50. The van der Waals surface area contributed by atoms with Crippen LogP contribution in [0.3, 0.4) is 0 Å². The van der Waals surface area contributed by atoms with Gasteiger partial charge in [0.25, 0.3) is 6.02 Å². The van der Waals surface area contributed by atoms with Crippen molar-refractivity contribution >= 4 is 23.4 Å². The molecule has 21 heavy (non-hydrogen) atoms. The number of halogens is 2. The van der Waals surface area contributed by atoms with Crippen molar-refractivity contribution in [1.82, 2.24) is 9.88 Å². The molecule has 5 nitrogen and oxygen atoms in total. The Bertz CT molecular complexity index is 603. The highest BCUT2D eigenvalue weighted by Gasteiger charge is 2.51. The molecular weight excluding hydrogens is 295 g/mol. The average Bonchev–Trinajstić information content (AvgIpc) is 2.86. The first-order chi connectivity index (χ1) is 10.1. The summed E-state index contributed by atoms with van der Waals surface area (Å²) in [6, 6.07) is 1.58. The monoisotopic (exact) mass is 310 g/mol. The molecule has 7 heteroatoms. The Morgan fingerprint density at radius 2 is 2.24 bits per heavy atom. The molecule has 1 aromatic heterocycles. The molecular formula is C14H16ClFN4O. The molecule has 5 rings (SSSR count). The maximum Gasteiger partial charge on any atom is 0.291 e. The van der Waals surface area contributed by atoms with Crippen molar-refractivity contribution in [2.45, 2.75) is 18.4 Å². The van der Waals surface area contributed by atoms with E-state index in [4.69, 9.17) is 16.3 Å². The fraction of sp³-hybridized carbons (Fsp3) is 0.571. The predicted octanol–water partition coefficient (Wildman–Crippen LogP) is 2.14. The van der Waals surface area contributed by atoms with Crippen molar-refractivity contribution in [3.63, 3.8) is 0 Å². The van der Waals surface area contributed by atoms with Gasteiger partial charge in [-0.2, -0.15) is 0 Å². The lowest BCUT2D eigenvalue weighted by atomic mass is 9.75. The molecule has 4 aliphatic rings. The number of fused-ring (bicyclic) bond motifs is 2.